The molecule has 1 unspecified atom stereocenters. The number of sulfonamides is 1. The maximum absolute atomic E-state index is 12.1. The van der Waals surface area contributed by atoms with E-state index < -0.39 is 10.0 Å². The van der Waals surface area contributed by atoms with E-state index in [0.29, 0.717) is 15.1 Å². The van der Waals surface area contributed by atoms with Gasteiger partial charge in [-0.2, -0.15) is 0 Å². The minimum Gasteiger partial charge on any atom is -0.313 e. The number of halogens is 1. The topological polar surface area (TPSA) is 58.2 Å². The molecule has 1 saturated heterocycles. The summed E-state index contributed by atoms with van der Waals surface area (Å²) in [5.74, 6) is 0. The molecule has 1 atom stereocenters. The van der Waals surface area contributed by atoms with Crippen molar-refractivity contribution in [2.45, 2.75) is 36.4 Å². The third-order valence-corrected chi connectivity index (χ3v) is 6.48. The number of nitrogens with one attached hydrogen (secondary N) is 2. The van der Waals surface area contributed by atoms with Gasteiger partial charge in [0, 0.05) is 12.6 Å². The number of hydrogen-bond donors (Lipinski definition) is 2. The summed E-state index contributed by atoms with van der Waals surface area (Å²) in [6, 6.07) is 1.86. The third-order valence-electron chi connectivity index (χ3n) is 3.03. The van der Waals surface area contributed by atoms with Crippen LogP contribution in [0.4, 0.5) is 0 Å². The molecule has 0 amide bonds. The first kappa shape index (κ1) is 14.3. The first-order valence-electron chi connectivity index (χ1n) is 5.98. The molecule has 0 saturated carbocycles. The van der Waals surface area contributed by atoms with Crippen molar-refractivity contribution in [3.8, 4) is 0 Å². The quantitative estimate of drug-likeness (QED) is 0.896. The molecule has 0 spiro atoms. The molecule has 0 aromatic carbocycles. The first-order valence-corrected chi connectivity index (χ1v) is 8.66. The van der Waals surface area contributed by atoms with Gasteiger partial charge in [0.2, 0.25) is 10.0 Å². The highest BCUT2D eigenvalue weighted by atomic mass is 35.5. The Labute approximate surface area is 117 Å². The summed E-state index contributed by atoms with van der Waals surface area (Å²) < 4.78 is 27.6. The molecular formula is C11H17ClN2O2S2. The van der Waals surface area contributed by atoms with E-state index in [1.165, 1.54) is 6.42 Å². The van der Waals surface area contributed by atoms with Crippen molar-refractivity contribution in [2.75, 3.05) is 13.1 Å². The van der Waals surface area contributed by atoms with Gasteiger partial charge < -0.3 is 5.32 Å². The molecule has 1 aliphatic rings. The molecule has 4 nitrogen and oxygen atoms in total. The zero-order valence-corrected chi connectivity index (χ0v) is 12.6. The van der Waals surface area contributed by atoms with Crippen molar-refractivity contribution < 1.29 is 8.42 Å². The summed E-state index contributed by atoms with van der Waals surface area (Å²) in [5, 5.41) is 3.31. The predicted octanol–water partition coefficient (Wildman–Crippen LogP) is 2.13. The molecule has 0 radical (unpaired) electrons. The Balaban J connectivity index is 1.98. The molecule has 1 aliphatic heterocycles. The minimum atomic E-state index is -3.42. The highest BCUT2D eigenvalue weighted by Crippen LogP contribution is 2.29. The lowest BCUT2D eigenvalue weighted by atomic mass is 10.1. The maximum atomic E-state index is 12.1. The second-order valence-electron chi connectivity index (χ2n) is 4.52. The monoisotopic (exact) mass is 308 g/mol. The van der Waals surface area contributed by atoms with Crippen molar-refractivity contribution in [1.82, 2.24) is 10.0 Å². The predicted molar refractivity (Wildman–Crippen MR) is 74.9 cm³/mol. The summed E-state index contributed by atoms with van der Waals surface area (Å²) in [7, 11) is -3.42. The van der Waals surface area contributed by atoms with Crippen LogP contribution in [0.25, 0.3) is 0 Å². The highest BCUT2D eigenvalue weighted by molar-refractivity contribution is 7.91. The minimum absolute atomic E-state index is 0.241. The summed E-state index contributed by atoms with van der Waals surface area (Å²) in [4.78, 5) is 0. The van der Waals surface area contributed by atoms with Crippen molar-refractivity contribution in [3.63, 3.8) is 0 Å². The highest BCUT2D eigenvalue weighted by Gasteiger charge is 2.20. The van der Waals surface area contributed by atoms with Crippen LogP contribution >= 0.6 is 22.9 Å². The fourth-order valence-corrected chi connectivity index (χ4v) is 4.78. The largest absolute Gasteiger partial charge is 0.313 e. The molecule has 0 bridgehead atoms. The molecule has 1 aromatic heterocycles. The normalized spacial score (nSPS) is 21.1. The van der Waals surface area contributed by atoms with Gasteiger partial charge in [0.15, 0.2) is 0 Å². The van der Waals surface area contributed by atoms with Crippen LogP contribution in [0.5, 0.6) is 0 Å². The average molecular weight is 309 g/mol. The Bertz CT molecular complexity index is 488. The number of aryl methyl sites for hydroxylation is 1. The summed E-state index contributed by atoms with van der Waals surface area (Å²) in [6.07, 6.45) is 3.35. The molecule has 1 aromatic rings. The lowest BCUT2D eigenvalue weighted by Crippen LogP contribution is -2.43. The lowest BCUT2D eigenvalue weighted by molar-refractivity contribution is 0.398. The Morgan fingerprint density at radius 2 is 2.33 bits per heavy atom. The average Bonchev–Trinajstić information content (AvgIpc) is 2.70. The van der Waals surface area contributed by atoms with Gasteiger partial charge >= 0.3 is 0 Å². The van der Waals surface area contributed by atoms with Gasteiger partial charge in [-0.05, 0) is 37.9 Å². The zero-order chi connectivity index (χ0) is 13.2. The van der Waals surface area contributed by atoms with Crippen LogP contribution in [0.3, 0.4) is 0 Å². The van der Waals surface area contributed by atoms with Gasteiger partial charge in [-0.15, -0.1) is 11.3 Å². The van der Waals surface area contributed by atoms with Crippen molar-refractivity contribution in [3.05, 3.63) is 16.0 Å². The number of hydrogen-bond acceptors (Lipinski definition) is 4. The van der Waals surface area contributed by atoms with Gasteiger partial charge in [0.25, 0.3) is 0 Å². The smallest absolute Gasteiger partial charge is 0.250 e. The number of piperidine rings is 1. The molecule has 1 fully saturated rings. The van der Waals surface area contributed by atoms with Gasteiger partial charge in [0.05, 0.1) is 4.34 Å². The number of rotatable bonds is 4. The van der Waals surface area contributed by atoms with Gasteiger partial charge in [-0.3, -0.25) is 0 Å². The van der Waals surface area contributed by atoms with Crippen molar-refractivity contribution in [1.29, 1.82) is 0 Å². The Hall–Kier alpha value is -0.140. The molecule has 2 N–H and O–H groups in total. The SMILES string of the molecule is Cc1cc(S(=O)(=O)NCC2CCCCN2)sc1Cl. The summed E-state index contributed by atoms with van der Waals surface area (Å²) >= 11 is 7.00. The Morgan fingerprint density at radius 3 is 2.89 bits per heavy atom. The second kappa shape index (κ2) is 5.88. The molecule has 0 aliphatic carbocycles. The number of thiophene rings is 1. The fraction of sp³-hybridized carbons (Fsp3) is 0.636. The lowest BCUT2D eigenvalue weighted by Gasteiger charge is -2.23. The van der Waals surface area contributed by atoms with E-state index in [2.05, 4.69) is 10.0 Å². The Morgan fingerprint density at radius 1 is 1.56 bits per heavy atom. The molecule has 18 heavy (non-hydrogen) atoms. The molecule has 102 valence electrons. The van der Waals surface area contributed by atoms with Crippen LogP contribution in [0.15, 0.2) is 10.3 Å². The van der Waals surface area contributed by atoms with Crippen molar-refractivity contribution >= 4 is 33.0 Å². The molecular weight excluding hydrogens is 292 g/mol. The van der Waals surface area contributed by atoms with E-state index in [9.17, 15) is 8.42 Å². The third kappa shape index (κ3) is 3.45. The molecule has 7 heteroatoms. The zero-order valence-electron chi connectivity index (χ0n) is 10.2. The van der Waals surface area contributed by atoms with E-state index in [1.807, 2.05) is 0 Å². The van der Waals surface area contributed by atoms with Crippen LogP contribution in [-0.2, 0) is 10.0 Å². The van der Waals surface area contributed by atoms with E-state index in [0.717, 1.165) is 36.3 Å². The fourth-order valence-electron chi connectivity index (χ4n) is 1.94. The van der Waals surface area contributed by atoms with E-state index >= 15 is 0 Å². The van der Waals surface area contributed by atoms with Crippen LogP contribution in [0.2, 0.25) is 4.34 Å². The van der Waals surface area contributed by atoms with Crippen LogP contribution in [0.1, 0.15) is 24.8 Å². The van der Waals surface area contributed by atoms with E-state index in [-0.39, 0.29) is 6.04 Å². The Kier molecular flexibility index (Phi) is 4.66. The van der Waals surface area contributed by atoms with Crippen LogP contribution in [0, 0.1) is 6.92 Å². The van der Waals surface area contributed by atoms with Crippen molar-refractivity contribution in [2.24, 2.45) is 0 Å². The van der Waals surface area contributed by atoms with Crippen LogP contribution < -0.4 is 10.0 Å². The van der Waals surface area contributed by atoms with E-state index in [4.69, 9.17) is 11.6 Å². The standard InChI is InChI=1S/C11H17ClN2O2S2/c1-8-6-10(17-11(8)12)18(15,16)14-7-9-4-2-3-5-13-9/h6,9,13-14H,2-5,7H2,1H3. The summed E-state index contributed by atoms with van der Waals surface area (Å²) in [5.41, 5.74) is 0.804. The molecule has 2 heterocycles. The van der Waals surface area contributed by atoms with Gasteiger partial charge in [-0.1, -0.05) is 18.0 Å². The van der Waals surface area contributed by atoms with Gasteiger partial charge in [0.1, 0.15) is 4.21 Å². The second-order valence-corrected chi connectivity index (χ2v) is 8.17. The van der Waals surface area contributed by atoms with E-state index in [1.54, 1.807) is 13.0 Å². The van der Waals surface area contributed by atoms with Crippen LogP contribution in [-0.4, -0.2) is 27.5 Å². The molecule has 2 rings (SSSR count). The first-order chi connectivity index (χ1) is 8.49. The van der Waals surface area contributed by atoms with Gasteiger partial charge in [-0.25, -0.2) is 13.1 Å². The summed E-state index contributed by atoms with van der Waals surface area (Å²) in [6.45, 7) is 3.22. The maximum Gasteiger partial charge on any atom is 0.250 e.